The molecule has 0 N–H and O–H groups in total. The topological polar surface area (TPSA) is 54.5 Å². The lowest BCUT2D eigenvalue weighted by molar-refractivity contribution is -0.134. The highest BCUT2D eigenvalue weighted by Gasteiger charge is 2.50. The first kappa shape index (κ1) is 17.4. The van der Waals surface area contributed by atoms with Gasteiger partial charge in [0.05, 0.1) is 6.54 Å². The van der Waals surface area contributed by atoms with Gasteiger partial charge in [0, 0.05) is 12.1 Å². The Labute approximate surface area is 137 Å². The summed E-state index contributed by atoms with van der Waals surface area (Å²) in [6.45, 7) is 9.62. The summed E-state index contributed by atoms with van der Waals surface area (Å²) in [5.74, 6) is -0.310. The fourth-order valence-corrected chi connectivity index (χ4v) is 2.83. The summed E-state index contributed by atoms with van der Waals surface area (Å²) < 4.78 is 0. The van der Waals surface area contributed by atoms with Crippen LogP contribution in [-0.2, 0) is 19.8 Å². The van der Waals surface area contributed by atoms with Gasteiger partial charge in [-0.2, -0.15) is 0 Å². The van der Waals surface area contributed by atoms with Crippen molar-refractivity contribution in [1.82, 2.24) is 0 Å². The molecule has 1 amide bonds. The van der Waals surface area contributed by atoms with Gasteiger partial charge >= 0.3 is 0 Å². The predicted molar refractivity (Wildman–Crippen MR) is 90.5 cm³/mol. The molecule has 1 heterocycles. The van der Waals surface area contributed by atoms with Crippen LogP contribution in [0.4, 0.5) is 5.69 Å². The number of carbonyl (C=O) groups excluding carboxylic acids is 3. The zero-order chi connectivity index (χ0) is 17.4. The third-order valence-electron chi connectivity index (χ3n) is 4.66. The van der Waals surface area contributed by atoms with Crippen LogP contribution in [0.5, 0.6) is 0 Å². The molecule has 0 spiro atoms. The van der Waals surface area contributed by atoms with Gasteiger partial charge in [0.15, 0.2) is 5.78 Å². The Hall–Kier alpha value is -1.97. The highest BCUT2D eigenvalue weighted by molar-refractivity contribution is 6.20. The largest absolute Gasteiger partial charge is 0.304 e. The molecular formula is C19H25NO3. The molecule has 0 bridgehead atoms. The van der Waals surface area contributed by atoms with E-state index >= 15 is 0 Å². The molecule has 0 aliphatic carbocycles. The van der Waals surface area contributed by atoms with E-state index in [0.29, 0.717) is 0 Å². The molecule has 2 rings (SSSR count). The average molecular weight is 315 g/mol. The number of anilines is 1. The summed E-state index contributed by atoms with van der Waals surface area (Å²) in [7, 11) is 0. The third-order valence-corrected chi connectivity index (χ3v) is 4.66. The molecule has 1 unspecified atom stereocenters. The first-order valence-corrected chi connectivity index (χ1v) is 8.01. The Morgan fingerprint density at radius 2 is 1.74 bits per heavy atom. The summed E-state index contributed by atoms with van der Waals surface area (Å²) >= 11 is 0. The van der Waals surface area contributed by atoms with Gasteiger partial charge in [-0.05, 0) is 43.4 Å². The van der Waals surface area contributed by atoms with Crippen LogP contribution in [0, 0.1) is 5.41 Å². The molecule has 1 aliphatic heterocycles. The molecule has 0 aromatic heterocycles. The first-order chi connectivity index (χ1) is 10.6. The molecule has 1 fully saturated rings. The van der Waals surface area contributed by atoms with E-state index < -0.39 is 5.41 Å². The van der Waals surface area contributed by atoms with Gasteiger partial charge in [-0.25, -0.2) is 0 Å². The number of Topliss-reactive ketones (excluding diaryl/α,β-unsaturated/α-hetero) is 2. The van der Waals surface area contributed by atoms with E-state index in [1.807, 2.05) is 24.3 Å². The number of benzene rings is 1. The van der Waals surface area contributed by atoms with Crippen LogP contribution in [-0.4, -0.2) is 24.0 Å². The first-order valence-electron chi connectivity index (χ1n) is 8.01. The fraction of sp³-hybridized carbons (Fsp3) is 0.526. The molecule has 1 aliphatic rings. The predicted octanol–water partition coefficient (Wildman–Crippen LogP) is 3.28. The molecule has 23 heavy (non-hydrogen) atoms. The maximum atomic E-state index is 12.7. The van der Waals surface area contributed by atoms with Crippen LogP contribution in [0.1, 0.15) is 53.0 Å². The van der Waals surface area contributed by atoms with Gasteiger partial charge in [-0.1, -0.05) is 32.9 Å². The normalized spacial score (nSPS) is 21.9. The summed E-state index contributed by atoms with van der Waals surface area (Å²) in [5, 5.41) is 0. The van der Waals surface area contributed by atoms with Gasteiger partial charge < -0.3 is 9.69 Å². The number of carbonyl (C=O) groups is 3. The number of rotatable bonds is 4. The van der Waals surface area contributed by atoms with Crippen molar-refractivity contribution in [3.8, 4) is 0 Å². The number of nitrogens with zero attached hydrogens (tertiary/aromatic N) is 1. The van der Waals surface area contributed by atoms with E-state index in [2.05, 4.69) is 20.8 Å². The monoisotopic (exact) mass is 315 g/mol. The minimum absolute atomic E-state index is 0.000180. The van der Waals surface area contributed by atoms with E-state index in [-0.39, 0.29) is 42.3 Å². The van der Waals surface area contributed by atoms with Crippen LogP contribution in [0.15, 0.2) is 24.3 Å². The summed E-state index contributed by atoms with van der Waals surface area (Å²) in [5.41, 5.74) is 0.884. The number of hydrogen-bond acceptors (Lipinski definition) is 3. The lowest BCUT2D eigenvalue weighted by Gasteiger charge is -2.23. The Balaban J connectivity index is 2.24. The molecule has 1 atom stereocenters. The Kier molecular flexibility index (Phi) is 4.47. The third kappa shape index (κ3) is 3.36. The highest BCUT2D eigenvalue weighted by Crippen LogP contribution is 2.36. The molecule has 124 valence electrons. The van der Waals surface area contributed by atoms with Crippen molar-refractivity contribution in [2.75, 3.05) is 11.4 Å². The van der Waals surface area contributed by atoms with Crippen LogP contribution in [0.25, 0.3) is 0 Å². The second-order valence-electron chi connectivity index (χ2n) is 7.65. The zero-order valence-corrected chi connectivity index (χ0v) is 14.6. The number of ketones is 2. The lowest BCUT2D eigenvalue weighted by atomic mass is 9.82. The Morgan fingerprint density at radius 1 is 1.17 bits per heavy atom. The minimum Gasteiger partial charge on any atom is -0.304 e. The highest BCUT2D eigenvalue weighted by atomic mass is 16.2. The lowest BCUT2D eigenvalue weighted by Crippen LogP contribution is -2.34. The van der Waals surface area contributed by atoms with Crippen molar-refractivity contribution in [2.45, 2.75) is 52.9 Å². The quantitative estimate of drug-likeness (QED) is 0.801. The van der Waals surface area contributed by atoms with Gasteiger partial charge in [0.25, 0.3) is 0 Å². The average Bonchev–Trinajstić information content (AvgIpc) is 2.69. The van der Waals surface area contributed by atoms with Gasteiger partial charge in [0.2, 0.25) is 5.91 Å². The second-order valence-corrected chi connectivity index (χ2v) is 7.65. The van der Waals surface area contributed by atoms with E-state index in [4.69, 9.17) is 0 Å². The number of hydrogen-bond donors (Lipinski definition) is 0. The van der Waals surface area contributed by atoms with Gasteiger partial charge in [-0.3, -0.25) is 9.59 Å². The van der Waals surface area contributed by atoms with E-state index in [9.17, 15) is 14.4 Å². The van der Waals surface area contributed by atoms with E-state index in [1.165, 1.54) is 17.4 Å². The SMILES string of the molecule is CC(=O)CCC1(C)C(=O)CN(c2ccc(C(C)(C)C)cc2)C1=O. The van der Waals surface area contributed by atoms with Crippen molar-refractivity contribution in [3.05, 3.63) is 29.8 Å². The van der Waals surface area contributed by atoms with Crippen LogP contribution in [0.2, 0.25) is 0 Å². The molecule has 1 aromatic rings. The maximum absolute atomic E-state index is 12.7. The smallest absolute Gasteiger partial charge is 0.240 e. The summed E-state index contributed by atoms with van der Waals surface area (Å²) in [6, 6.07) is 7.78. The molecule has 1 aromatic carbocycles. The Bertz CT molecular complexity index is 640. The van der Waals surface area contributed by atoms with Crippen LogP contribution < -0.4 is 4.90 Å². The minimum atomic E-state index is -1.08. The second kappa shape index (κ2) is 5.91. The maximum Gasteiger partial charge on any atom is 0.240 e. The molecule has 4 heteroatoms. The van der Waals surface area contributed by atoms with E-state index in [0.717, 1.165) is 5.69 Å². The number of amides is 1. The van der Waals surface area contributed by atoms with Gasteiger partial charge in [-0.15, -0.1) is 0 Å². The zero-order valence-electron chi connectivity index (χ0n) is 14.6. The summed E-state index contributed by atoms with van der Waals surface area (Å²) in [6.07, 6.45) is 0.543. The van der Waals surface area contributed by atoms with E-state index in [1.54, 1.807) is 6.92 Å². The van der Waals surface area contributed by atoms with Crippen LogP contribution in [0.3, 0.4) is 0 Å². The van der Waals surface area contributed by atoms with Crippen LogP contribution >= 0.6 is 0 Å². The summed E-state index contributed by atoms with van der Waals surface area (Å²) in [4.78, 5) is 37.8. The van der Waals surface area contributed by atoms with Crippen molar-refractivity contribution in [3.63, 3.8) is 0 Å². The molecule has 4 nitrogen and oxygen atoms in total. The fourth-order valence-electron chi connectivity index (χ4n) is 2.83. The molecule has 0 radical (unpaired) electrons. The molecular weight excluding hydrogens is 290 g/mol. The van der Waals surface area contributed by atoms with Crippen molar-refractivity contribution in [2.24, 2.45) is 5.41 Å². The molecule has 0 saturated carbocycles. The van der Waals surface area contributed by atoms with Gasteiger partial charge in [0.1, 0.15) is 11.2 Å². The standard InChI is InChI=1S/C19H25NO3/c1-13(21)10-11-19(5)16(22)12-20(17(19)23)15-8-6-14(7-9-15)18(2,3)4/h6-9H,10-12H2,1-5H3. The van der Waals surface area contributed by atoms with Crippen molar-refractivity contribution in [1.29, 1.82) is 0 Å². The molecule has 1 saturated heterocycles. The van der Waals surface area contributed by atoms with Crippen molar-refractivity contribution < 1.29 is 14.4 Å². The Morgan fingerprint density at radius 3 is 2.22 bits per heavy atom. The van der Waals surface area contributed by atoms with Crippen molar-refractivity contribution >= 4 is 23.2 Å².